The van der Waals surface area contributed by atoms with Gasteiger partial charge in [0.1, 0.15) is 12.9 Å². The van der Waals surface area contributed by atoms with Gasteiger partial charge in [0.15, 0.2) is 5.78 Å². The lowest BCUT2D eigenvalue weighted by Gasteiger charge is -2.07. The molecule has 0 aromatic rings. The van der Waals surface area contributed by atoms with Crippen molar-refractivity contribution in [3.63, 3.8) is 0 Å². The Morgan fingerprint density at radius 2 is 2.29 bits per heavy atom. The fraction of sp³-hybridized carbons (Fsp3) is 0.900. The first-order valence-corrected chi connectivity index (χ1v) is 5.13. The number of hydrogen-bond donors (Lipinski definition) is 1. The van der Waals surface area contributed by atoms with Gasteiger partial charge in [-0.2, -0.15) is 0 Å². The van der Waals surface area contributed by atoms with E-state index < -0.39 is 6.10 Å². The molecule has 2 aliphatic rings. The molecule has 2 saturated carbocycles. The molecule has 4 atom stereocenters. The minimum Gasteiger partial charge on any atom is -0.385 e. The topological polar surface area (TPSA) is 55.8 Å². The van der Waals surface area contributed by atoms with Crippen LogP contribution in [-0.2, 0) is 14.3 Å². The van der Waals surface area contributed by atoms with Crippen molar-refractivity contribution in [2.75, 3.05) is 20.0 Å². The van der Waals surface area contributed by atoms with E-state index in [-0.39, 0.29) is 11.7 Å². The van der Waals surface area contributed by atoms with Gasteiger partial charge >= 0.3 is 0 Å². The van der Waals surface area contributed by atoms with E-state index >= 15 is 0 Å². The number of fused-ring (bicyclic) bond motifs is 1. The molecule has 14 heavy (non-hydrogen) atoms. The Morgan fingerprint density at radius 1 is 1.50 bits per heavy atom. The maximum atomic E-state index is 11.3. The average molecular weight is 200 g/mol. The minimum atomic E-state index is -0.701. The molecule has 0 amide bonds. The molecule has 0 heterocycles. The van der Waals surface area contributed by atoms with E-state index in [1.165, 1.54) is 0 Å². The maximum absolute atomic E-state index is 11.3. The van der Waals surface area contributed by atoms with E-state index in [0.29, 0.717) is 38.3 Å². The lowest BCUT2D eigenvalue weighted by atomic mass is 10.1. The number of carbonyl (C=O) groups excluding carboxylic acids is 1. The molecule has 0 aromatic carbocycles. The molecule has 0 radical (unpaired) electrons. The molecular weight excluding hydrogens is 184 g/mol. The van der Waals surface area contributed by atoms with Crippen molar-refractivity contribution in [3.05, 3.63) is 0 Å². The van der Waals surface area contributed by atoms with Crippen LogP contribution in [0.2, 0.25) is 0 Å². The third-order valence-electron chi connectivity index (χ3n) is 3.17. The number of ketones is 1. The van der Waals surface area contributed by atoms with Crippen molar-refractivity contribution in [1.29, 1.82) is 0 Å². The number of rotatable bonds is 5. The molecule has 0 aromatic heterocycles. The second kappa shape index (κ2) is 3.96. The molecule has 0 bridgehead atoms. The highest BCUT2D eigenvalue weighted by Gasteiger charge is 2.61. The smallest absolute Gasteiger partial charge is 0.165 e. The van der Waals surface area contributed by atoms with Gasteiger partial charge in [0.05, 0.1) is 6.61 Å². The summed E-state index contributed by atoms with van der Waals surface area (Å²) in [5.74, 6) is 0.803. The Kier molecular flexibility index (Phi) is 2.85. The van der Waals surface area contributed by atoms with Crippen LogP contribution in [0.3, 0.4) is 0 Å². The zero-order chi connectivity index (χ0) is 10.1. The molecule has 4 nitrogen and oxygen atoms in total. The van der Waals surface area contributed by atoms with Gasteiger partial charge in [0, 0.05) is 12.5 Å². The third-order valence-corrected chi connectivity index (χ3v) is 3.17. The number of hydrogen-bond acceptors (Lipinski definition) is 4. The number of Topliss-reactive ketones (excluding diaryl/α,β-unsaturated/α-hetero) is 1. The van der Waals surface area contributed by atoms with E-state index in [1.54, 1.807) is 0 Å². The predicted molar refractivity (Wildman–Crippen MR) is 48.5 cm³/mol. The van der Waals surface area contributed by atoms with Crippen molar-refractivity contribution in [2.45, 2.75) is 19.4 Å². The summed E-state index contributed by atoms with van der Waals surface area (Å²) in [7, 11) is 0. The first-order chi connectivity index (χ1) is 6.75. The first-order valence-electron chi connectivity index (χ1n) is 5.13. The molecule has 2 fully saturated rings. The average Bonchev–Trinajstić information content (AvgIpc) is 2.76. The van der Waals surface area contributed by atoms with Gasteiger partial charge in [-0.05, 0) is 25.2 Å². The zero-order valence-electron chi connectivity index (χ0n) is 8.31. The van der Waals surface area contributed by atoms with Crippen LogP contribution < -0.4 is 0 Å². The molecule has 1 N–H and O–H groups in total. The van der Waals surface area contributed by atoms with Crippen molar-refractivity contribution in [2.24, 2.45) is 17.8 Å². The van der Waals surface area contributed by atoms with Crippen LogP contribution in [-0.4, -0.2) is 37.0 Å². The highest BCUT2D eigenvalue weighted by atomic mass is 16.7. The second-order valence-electron chi connectivity index (χ2n) is 3.99. The summed E-state index contributed by atoms with van der Waals surface area (Å²) in [6.45, 7) is 3.46. The Morgan fingerprint density at radius 3 is 2.86 bits per heavy atom. The highest BCUT2D eigenvalue weighted by molar-refractivity contribution is 5.91. The second-order valence-corrected chi connectivity index (χ2v) is 3.99. The summed E-state index contributed by atoms with van der Waals surface area (Å²) in [5, 5.41) is 9.21. The summed E-state index contributed by atoms with van der Waals surface area (Å²) < 4.78 is 10.3. The molecular formula is C10H16O4. The Labute approximate surface area is 83.2 Å². The van der Waals surface area contributed by atoms with Gasteiger partial charge in [-0.1, -0.05) is 0 Å². The Hall–Kier alpha value is -0.450. The first kappa shape index (κ1) is 10.1. The number of aliphatic hydroxyl groups is 1. The molecule has 0 saturated heterocycles. The van der Waals surface area contributed by atoms with Crippen LogP contribution in [0.4, 0.5) is 0 Å². The summed E-state index contributed by atoms with van der Waals surface area (Å²) in [6.07, 6.45) is -0.0697. The SMILES string of the molecule is CCOCOC[C@H]1[C@@H]2CC(O)C(=O)[C@H]12. The van der Waals surface area contributed by atoms with Crippen LogP contribution in [0, 0.1) is 17.8 Å². The standard InChI is InChI=1S/C10H16O4/c1-2-13-5-14-4-7-6-3-8(11)10(12)9(6)7/h6-9,11H,2-5H2,1H3/t6-,7-,8?,9-/m0/s1. The molecule has 0 spiro atoms. The lowest BCUT2D eigenvalue weighted by molar-refractivity contribution is -0.127. The monoisotopic (exact) mass is 200 g/mol. The van der Waals surface area contributed by atoms with Crippen molar-refractivity contribution in [3.8, 4) is 0 Å². The van der Waals surface area contributed by atoms with Crippen LogP contribution in [0.1, 0.15) is 13.3 Å². The minimum absolute atomic E-state index is 0.0139. The summed E-state index contributed by atoms with van der Waals surface area (Å²) in [4.78, 5) is 11.3. The summed E-state index contributed by atoms with van der Waals surface area (Å²) >= 11 is 0. The normalized spacial score (nSPS) is 40.0. The van der Waals surface area contributed by atoms with Crippen LogP contribution >= 0.6 is 0 Å². The maximum Gasteiger partial charge on any atom is 0.165 e. The number of aliphatic hydroxyl groups excluding tert-OH is 1. The summed E-state index contributed by atoms with van der Waals surface area (Å²) in [6, 6.07) is 0. The van der Waals surface area contributed by atoms with Crippen LogP contribution in [0.5, 0.6) is 0 Å². The highest BCUT2D eigenvalue weighted by Crippen LogP contribution is 2.55. The van der Waals surface area contributed by atoms with E-state index in [1.807, 2.05) is 6.92 Å². The number of ether oxygens (including phenoxy) is 2. The Bertz CT molecular complexity index is 228. The fourth-order valence-corrected chi connectivity index (χ4v) is 2.34. The van der Waals surface area contributed by atoms with Gasteiger partial charge in [0.25, 0.3) is 0 Å². The quantitative estimate of drug-likeness (QED) is 0.508. The van der Waals surface area contributed by atoms with E-state index in [4.69, 9.17) is 9.47 Å². The lowest BCUT2D eigenvalue weighted by Crippen LogP contribution is -2.20. The molecule has 2 aliphatic carbocycles. The fourth-order valence-electron chi connectivity index (χ4n) is 2.34. The van der Waals surface area contributed by atoms with Crippen molar-refractivity contribution in [1.82, 2.24) is 0 Å². The van der Waals surface area contributed by atoms with Gasteiger partial charge < -0.3 is 14.6 Å². The van der Waals surface area contributed by atoms with Crippen molar-refractivity contribution < 1.29 is 19.4 Å². The van der Waals surface area contributed by atoms with Crippen molar-refractivity contribution >= 4 is 5.78 Å². The zero-order valence-corrected chi connectivity index (χ0v) is 8.31. The van der Waals surface area contributed by atoms with Gasteiger partial charge in [-0.3, -0.25) is 4.79 Å². The molecule has 4 heteroatoms. The van der Waals surface area contributed by atoms with E-state index in [2.05, 4.69) is 0 Å². The molecule has 2 rings (SSSR count). The molecule has 80 valence electrons. The Balaban J connectivity index is 1.65. The van der Waals surface area contributed by atoms with Gasteiger partial charge in [-0.25, -0.2) is 0 Å². The largest absolute Gasteiger partial charge is 0.385 e. The number of carbonyl (C=O) groups is 1. The van der Waals surface area contributed by atoms with Crippen LogP contribution in [0.15, 0.2) is 0 Å². The van der Waals surface area contributed by atoms with E-state index in [0.717, 1.165) is 0 Å². The predicted octanol–water partition coefficient (Wildman–Crippen LogP) is 0.193. The third kappa shape index (κ3) is 1.69. The summed E-state index contributed by atoms with van der Waals surface area (Å²) in [5.41, 5.74) is 0. The molecule has 1 unspecified atom stereocenters. The van der Waals surface area contributed by atoms with Gasteiger partial charge in [0.2, 0.25) is 0 Å². The van der Waals surface area contributed by atoms with Crippen LogP contribution in [0.25, 0.3) is 0 Å². The van der Waals surface area contributed by atoms with E-state index in [9.17, 15) is 9.90 Å². The van der Waals surface area contributed by atoms with Gasteiger partial charge in [-0.15, -0.1) is 0 Å². The molecule has 0 aliphatic heterocycles.